The van der Waals surface area contributed by atoms with Crippen LogP contribution in [0.25, 0.3) is 0 Å². The number of rotatable bonds is 39. The van der Waals surface area contributed by atoms with E-state index in [-0.39, 0.29) is 18.9 Å². The number of nitrogens with one attached hydrogen (secondary N) is 1. The summed E-state index contributed by atoms with van der Waals surface area (Å²) >= 11 is 0. The van der Waals surface area contributed by atoms with E-state index in [1.807, 2.05) is 0 Å². The fourth-order valence-electron chi connectivity index (χ4n) is 9.40. The van der Waals surface area contributed by atoms with Gasteiger partial charge in [-0.05, 0) is 44.9 Å². The molecule has 0 aromatic rings. The van der Waals surface area contributed by atoms with Crippen LogP contribution >= 0.6 is 0 Å². The minimum absolute atomic E-state index is 0.254. The van der Waals surface area contributed by atoms with Crippen LogP contribution in [0.2, 0.25) is 0 Å². The first kappa shape index (κ1) is 64.6. The summed E-state index contributed by atoms with van der Waals surface area (Å²) in [6.07, 6.45) is 8.51. The molecule has 17 unspecified atom stereocenters. The number of carbonyl (C=O) groups excluding carboxylic acids is 1. The number of aliphatic hydroxyl groups excluding tert-OH is 11. The maximum atomic E-state index is 13.3. The van der Waals surface area contributed by atoms with Gasteiger partial charge in [0, 0.05) is 6.42 Å². The highest BCUT2D eigenvalue weighted by atomic mass is 16.8. The Bertz CT molecular complexity index is 1430. The number of hydrogen-bond donors (Lipinski definition) is 12. The van der Waals surface area contributed by atoms with E-state index in [4.69, 9.17) is 28.4 Å². The van der Waals surface area contributed by atoms with E-state index in [0.29, 0.717) is 12.8 Å². The maximum Gasteiger partial charge on any atom is 0.220 e. The van der Waals surface area contributed by atoms with Gasteiger partial charge in [-0.2, -0.15) is 0 Å². The molecule has 3 saturated heterocycles. The Morgan fingerprint density at radius 3 is 1.44 bits per heavy atom. The molecular weight excluding hydrogens is 939 g/mol. The molecule has 1 amide bonds. The Morgan fingerprint density at radius 1 is 0.500 bits per heavy atom. The number of hydrogen-bond acceptors (Lipinski definition) is 18. The van der Waals surface area contributed by atoms with Gasteiger partial charge in [0.15, 0.2) is 18.9 Å². The van der Waals surface area contributed by atoms with Gasteiger partial charge in [0.1, 0.15) is 73.2 Å². The smallest absolute Gasteiger partial charge is 0.220 e. The Hall–Kier alpha value is -1.73. The second-order valence-corrected chi connectivity index (χ2v) is 20.0. The van der Waals surface area contributed by atoms with Gasteiger partial charge in [-0.15, -0.1) is 0 Å². The molecule has 19 heteroatoms. The van der Waals surface area contributed by atoms with Crippen molar-refractivity contribution in [1.29, 1.82) is 0 Å². The van der Waals surface area contributed by atoms with Gasteiger partial charge in [-0.25, -0.2) is 0 Å². The highest BCUT2D eigenvalue weighted by Crippen LogP contribution is 2.33. The number of unbranched alkanes of at least 4 members (excludes halogenated alkanes) is 19. The molecule has 0 saturated carbocycles. The zero-order valence-electron chi connectivity index (χ0n) is 43.4. The first-order chi connectivity index (χ1) is 34.8. The van der Waals surface area contributed by atoms with Crippen molar-refractivity contribution in [2.75, 3.05) is 26.4 Å². The summed E-state index contributed by atoms with van der Waals surface area (Å²) in [4.78, 5) is 13.3. The van der Waals surface area contributed by atoms with Gasteiger partial charge >= 0.3 is 0 Å². The average Bonchev–Trinajstić information content (AvgIpc) is 3.37. The molecule has 3 rings (SSSR count). The van der Waals surface area contributed by atoms with Crippen LogP contribution in [0, 0.1) is 0 Å². The molecule has 0 aromatic carbocycles. The van der Waals surface area contributed by atoms with E-state index in [9.17, 15) is 61.0 Å². The highest BCUT2D eigenvalue weighted by molar-refractivity contribution is 5.76. The summed E-state index contributed by atoms with van der Waals surface area (Å²) in [5, 5.41) is 120. The number of carbonyl (C=O) groups is 1. The molecule has 0 bridgehead atoms. The van der Waals surface area contributed by atoms with Crippen molar-refractivity contribution in [3.05, 3.63) is 24.3 Å². The molecule has 0 aromatic heterocycles. The highest BCUT2D eigenvalue weighted by Gasteiger charge is 2.53. The molecule has 0 spiro atoms. The van der Waals surface area contributed by atoms with Crippen molar-refractivity contribution in [3.8, 4) is 0 Å². The fourth-order valence-corrected chi connectivity index (χ4v) is 9.40. The van der Waals surface area contributed by atoms with Crippen molar-refractivity contribution < 1.29 is 89.4 Å². The second kappa shape index (κ2) is 37.9. The predicted octanol–water partition coefficient (Wildman–Crippen LogP) is 3.20. The molecule has 3 aliphatic heterocycles. The zero-order chi connectivity index (χ0) is 52.7. The third kappa shape index (κ3) is 22.9. The van der Waals surface area contributed by atoms with Crippen molar-refractivity contribution in [3.63, 3.8) is 0 Å². The van der Waals surface area contributed by atoms with Crippen molar-refractivity contribution >= 4 is 5.91 Å². The van der Waals surface area contributed by atoms with Gasteiger partial charge in [-0.3, -0.25) is 4.79 Å². The molecule has 12 N–H and O–H groups in total. The largest absolute Gasteiger partial charge is 0.394 e. The number of aliphatic hydroxyl groups is 11. The van der Waals surface area contributed by atoms with Gasteiger partial charge in [0.05, 0.1) is 38.6 Å². The first-order valence-corrected chi connectivity index (χ1v) is 27.6. The van der Waals surface area contributed by atoms with Crippen LogP contribution in [-0.4, -0.2) is 193 Å². The first-order valence-electron chi connectivity index (χ1n) is 27.6. The van der Waals surface area contributed by atoms with Gasteiger partial charge in [-0.1, -0.05) is 147 Å². The van der Waals surface area contributed by atoms with Gasteiger partial charge in [0.25, 0.3) is 0 Å². The van der Waals surface area contributed by atoms with E-state index in [1.165, 1.54) is 64.2 Å². The molecule has 17 atom stereocenters. The Kier molecular flexibility index (Phi) is 34.0. The lowest BCUT2D eigenvalue weighted by molar-refractivity contribution is -0.379. The van der Waals surface area contributed by atoms with E-state index in [2.05, 4.69) is 43.5 Å². The van der Waals surface area contributed by atoms with Crippen LogP contribution in [0.15, 0.2) is 24.3 Å². The van der Waals surface area contributed by atoms with Crippen molar-refractivity contribution in [2.45, 2.75) is 279 Å². The minimum atomic E-state index is -1.97. The predicted molar refractivity (Wildman–Crippen MR) is 268 cm³/mol. The number of amides is 1. The fraction of sp³-hybridized carbons (Fsp3) is 0.906. The van der Waals surface area contributed by atoms with Crippen molar-refractivity contribution in [2.24, 2.45) is 0 Å². The number of ether oxygens (including phenoxy) is 6. The normalized spacial score (nSPS) is 32.2. The quantitative estimate of drug-likeness (QED) is 0.0311. The van der Waals surface area contributed by atoms with E-state index < -0.39 is 124 Å². The topological polar surface area (TPSA) is 307 Å². The molecular formula is C53H97NO18. The number of allylic oxidation sites excluding steroid dienone is 4. The SMILES string of the molecule is CCCCC/C=C\C/C=C\CCCCCCCCCC(=O)NC(COC1OC(CO)C(OC2OC(CO)C(OC3OC(CO)C(O)C(O)C3O)C(O)C2O)C(O)C1O)C(O)CCCCCCCCCCCC. The molecule has 72 heavy (non-hydrogen) atoms. The lowest BCUT2D eigenvalue weighted by Crippen LogP contribution is -2.66. The van der Waals surface area contributed by atoms with Crippen LogP contribution in [0.5, 0.6) is 0 Å². The van der Waals surface area contributed by atoms with E-state index in [0.717, 1.165) is 77.0 Å². The van der Waals surface area contributed by atoms with Crippen LogP contribution in [0.4, 0.5) is 0 Å². The van der Waals surface area contributed by atoms with E-state index in [1.54, 1.807) is 0 Å². The standard InChI is InChI=1S/C53H97NO18/c1-3-5-7-9-11-13-15-16-17-18-19-20-21-23-25-27-29-31-41(59)54-36(37(58)30-28-26-24-22-14-12-10-8-6-4-2)35-67-51-47(65)44(62)49(39(33-56)69-51)72-53-48(66)45(63)50(40(34-57)70-53)71-52-46(64)43(61)42(60)38(32-55)68-52/h11,13,16-17,36-40,42-53,55-58,60-66H,3-10,12,14-15,18-35H2,1-2H3,(H,54,59)/b13-11-,17-16-. The molecule has 422 valence electrons. The van der Waals surface area contributed by atoms with Crippen LogP contribution < -0.4 is 5.32 Å². The van der Waals surface area contributed by atoms with Gasteiger partial charge in [0.2, 0.25) is 5.91 Å². The third-order valence-corrected chi connectivity index (χ3v) is 14.0. The summed E-state index contributed by atoms with van der Waals surface area (Å²) in [6.45, 7) is 1.71. The zero-order valence-corrected chi connectivity index (χ0v) is 43.4. The van der Waals surface area contributed by atoms with Crippen LogP contribution in [0.1, 0.15) is 174 Å². The monoisotopic (exact) mass is 1040 g/mol. The Labute approximate surface area is 428 Å². The lowest BCUT2D eigenvalue weighted by Gasteiger charge is -2.48. The molecule has 0 aliphatic carbocycles. The minimum Gasteiger partial charge on any atom is -0.394 e. The molecule has 3 fully saturated rings. The third-order valence-electron chi connectivity index (χ3n) is 14.0. The molecule has 3 heterocycles. The van der Waals surface area contributed by atoms with Crippen LogP contribution in [0.3, 0.4) is 0 Å². The average molecular weight is 1040 g/mol. The summed E-state index contributed by atoms with van der Waals surface area (Å²) in [6, 6.07) is -0.887. The lowest BCUT2D eigenvalue weighted by atomic mass is 9.96. The molecule has 19 nitrogen and oxygen atoms in total. The second-order valence-electron chi connectivity index (χ2n) is 20.0. The van der Waals surface area contributed by atoms with E-state index >= 15 is 0 Å². The summed E-state index contributed by atoms with van der Waals surface area (Å²) < 4.78 is 34.2. The summed E-state index contributed by atoms with van der Waals surface area (Å²) in [7, 11) is 0. The summed E-state index contributed by atoms with van der Waals surface area (Å²) in [5.41, 5.74) is 0. The Morgan fingerprint density at radius 2 is 0.917 bits per heavy atom. The van der Waals surface area contributed by atoms with Gasteiger partial charge < -0.3 is 89.9 Å². The summed E-state index contributed by atoms with van der Waals surface area (Å²) in [5.74, 6) is -0.254. The Balaban J connectivity index is 1.52. The van der Waals surface area contributed by atoms with Crippen molar-refractivity contribution in [1.82, 2.24) is 5.32 Å². The molecule has 3 aliphatic rings. The van der Waals surface area contributed by atoms with Crippen LogP contribution in [-0.2, 0) is 33.2 Å². The molecule has 0 radical (unpaired) electrons. The maximum absolute atomic E-state index is 13.3.